The van der Waals surface area contributed by atoms with Crippen LogP contribution in [0.1, 0.15) is 28.0 Å². The first-order valence-electron chi connectivity index (χ1n) is 7.25. The molecule has 0 atom stereocenters. The number of anilines is 1. The Balaban J connectivity index is 2.02. The summed E-state index contributed by atoms with van der Waals surface area (Å²) in [6.45, 7) is 3.57. The Morgan fingerprint density at radius 3 is 2.92 bits per heavy atom. The van der Waals surface area contributed by atoms with Crippen LogP contribution in [0, 0.1) is 12.7 Å². The first-order valence-corrected chi connectivity index (χ1v) is 7.63. The molecule has 1 aliphatic rings. The number of fused-ring (bicyclic) bond motifs is 1. The van der Waals surface area contributed by atoms with Gasteiger partial charge in [-0.3, -0.25) is 9.59 Å². The third-order valence-corrected chi connectivity index (χ3v) is 3.87. The van der Waals surface area contributed by atoms with Gasteiger partial charge in [0.05, 0.1) is 10.6 Å². The Labute approximate surface area is 142 Å². The van der Waals surface area contributed by atoms with Crippen molar-refractivity contribution in [1.82, 2.24) is 4.98 Å². The average molecular weight is 348 g/mol. The summed E-state index contributed by atoms with van der Waals surface area (Å²) in [4.78, 5) is 28.1. The number of hydrogen-bond donors (Lipinski definition) is 1. The van der Waals surface area contributed by atoms with Crippen LogP contribution >= 0.6 is 11.6 Å². The van der Waals surface area contributed by atoms with E-state index in [0.717, 1.165) is 0 Å². The lowest BCUT2D eigenvalue weighted by Gasteiger charge is -2.17. The van der Waals surface area contributed by atoms with Gasteiger partial charge in [0.1, 0.15) is 11.5 Å². The molecule has 1 radical (unpaired) electrons. The maximum atomic E-state index is 14.6. The molecule has 1 aromatic heterocycles. The number of nitrogens with zero attached hydrogens (tertiary/aromatic N) is 1. The van der Waals surface area contributed by atoms with E-state index in [4.69, 9.17) is 16.3 Å². The van der Waals surface area contributed by atoms with E-state index in [-0.39, 0.29) is 34.6 Å². The first kappa shape index (κ1) is 16.4. The van der Waals surface area contributed by atoms with E-state index in [1.165, 1.54) is 24.3 Å². The summed E-state index contributed by atoms with van der Waals surface area (Å²) in [6.07, 6.45) is 0.886. The largest absolute Gasteiger partial charge is 0.480 e. The number of hydrogen-bond acceptors (Lipinski definition) is 4. The smallest absolute Gasteiger partial charge is 0.263 e. The van der Waals surface area contributed by atoms with Crippen LogP contribution in [-0.4, -0.2) is 23.3 Å². The Morgan fingerprint density at radius 1 is 1.38 bits per heavy atom. The van der Waals surface area contributed by atoms with Gasteiger partial charge in [0.2, 0.25) is 5.78 Å². The van der Waals surface area contributed by atoms with Crippen LogP contribution in [0.3, 0.4) is 0 Å². The molecule has 2 heterocycles. The molecule has 1 N–H and O–H groups in total. The first-order chi connectivity index (χ1) is 11.5. The monoisotopic (exact) mass is 347 g/mol. The molecule has 7 heteroatoms. The van der Waals surface area contributed by atoms with Crippen molar-refractivity contribution in [2.75, 3.05) is 11.9 Å². The quantitative estimate of drug-likeness (QED) is 0.862. The molecule has 0 saturated carbocycles. The number of halogens is 2. The summed E-state index contributed by atoms with van der Waals surface area (Å²) >= 11 is 6.01. The molecule has 1 aliphatic heterocycles. The van der Waals surface area contributed by atoms with Crippen molar-refractivity contribution in [3.63, 3.8) is 0 Å². The van der Waals surface area contributed by atoms with Crippen LogP contribution in [0.2, 0.25) is 5.02 Å². The Morgan fingerprint density at radius 2 is 2.17 bits per heavy atom. The summed E-state index contributed by atoms with van der Waals surface area (Å²) in [5, 5.41) is 2.51. The van der Waals surface area contributed by atoms with E-state index in [1.807, 2.05) is 0 Å². The van der Waals surface area contributed by atoms with Crippen LogP contribution in [0.15, 0.2) is 24.3 Å². The third-order valence-electron chi connectivity index (χ3n) is 3.55. The minimum Gasteiger partial charge on any atom is -0.480 e. The Kier molecular flexibility index (Phi) is 4.49. The van der Waals surface area contributed by atoms with Crippen molar-refractivity contribution in [3.8, 4) is 5.75 Å². The zero-order chi connectivity index (χ0) is 17.3. The van der Waals surface area contributed by atoms with Gasteiger partial charge in [0.25, 0.3) is 5.91 Å². The minimum atomic E-state index is -0.670. The fourth-order valence-corrected chi connectivity index (χ4v) is 2.64. The number of pyridine rings is 1. The number of ether oxygens (including phenoxy) is 1. The Hall–Kier alpha value is -2.47. The molecular formula is C17H13ClFN2O3. The molecule has 0 unspecified atom stereocenters. The molecule has 24 heavy (non-hydrogen) atoms. The van der Waals surface area contributed by atoms with Crippen molar-refractivity contribution < 1.29 is 18.7 Å². The fraction of sp³-hybridized carbons (Fsp3) is 0.176. The highest BCUT2D eigenvalue weighted by Crippen LogP contribution is 2.29. The van der Waals surface area contributed by atoms with Crippen molar-refractivity contribution in [1.29, 1.82) is 0 Å². The van der Waals surface area contributed by atoms with Gasteiger partial charge in [-0.1, -0.05) is 24.6 Å². The maximum absolute atomic E-state index is 14.6. The lowest BCUT2D eigenvalue weighted by Crippen LogP contribution is -2.26. The van der Waals surface area contributed by atoms with E-state index in [0.29, 0.717) is 24.2 Å². The number of ketones is 1. The fourth-order valence-electron chi connectivity index (χ4n) is 2.41. The van der Waals surface area contributed by atoms with E-state index in [9.17, 15) is 14.0 Å². The Bertz CT molecular complexity index is 839. The molecule has 5 nitrogen and oxygen atoms in total. The molecule has 0 bridgehead atoms. The number of aryl methyl sites for hydroxylation is 1. The highest BCUT2D eigenvalue weighted by molar-refractivity contribution is 6.35. The van der Waals surface area contributed by atoms with Gasteiger partial charge < -0.3 is 10.1 Å². The number of carbonyl (C=O) groups is 2. The number of aromatic nitrogens is 1. The number of rotatable bonds is 4. The van der Waals surface area contributed by atoms with E-state index >= 15 is 0 Å². The van der Waals surface area contributed by atoms with Gasteiger partial charge in [-0.05, 0) is 36.6 Å². The van der Waals surface area contributed by atoms with Crippen LogP contribution < -0.4 is 10.1 Å². The van der Waals surface area contributed by atoms with Gasteiger partial charge in [-0.15, -0.1) is 0 Å². The molecule has 0 fully saturated rings. The summed E-state index contributed by atoms with van der Waals surface area (Å²) < 4.78 is 19.8. The SMILES string of the molecule is [CH2]CCc1ccc(Cl)c(C(=O)c2ccc3c(n2)NC(=O)CO3)c1F. The number of nitrogens with one attached hydrogen (secondary N) is 1. The predicted octanol–water partition coefficient (Wildman–Crippen LogP) is 3.20. The lowest BCUT2D eigenvalue weighted by molar-refractivity contribution is -0.118. The van der Waals surface area contributed by atoms with E-state index in [1.54, 1.807) is 0 Å². The summed E-state index contributed by atoms with van der Waals surface area (Å²) in [7, 11) is 0. The lowest BCUT2D eigenvalue weighted by atomic mass is 10.0. The second-order valence-corrected chi connectivity index (χ2v) is 5.62. The van der Waals surface area contributed by atoms with Gasteiger partial charge in [0.15, 0.2) is 18.2 Å². The van der Waals surface area contributed by atoms with Crippen molar-refractivity contribution in [2.45, 2.75) is 12.8 Å². The topological polar surface area (TPSA) is 68.3 Å². The zero-order valence-corrected chi connectivity index (χ0v) is 13.3. The third kappa shape index (κ3) is 2.97. The van der Waals surface area contributed by atoms with Crippen molar-refractivity contribution in [2.24, 2.45) is 0 Å². The summed E-state index contributed by atoms with van der Waals surface area (Å²) in [5.41, 5.74) is 0.0950. The normalized spacial score (nSPS) is 13.0. The molecule has 0 spiro atoms. The number of benzene rings is 1. The summed E-state index contributed by atoms with van der Waals surface area (Å²) in [5.74, 6) is -1.23. The van der Waals surface area contributed by atoms with Gasteiger partial charge in [-0.25, -0.2) is 9.37 Å². The minimum absolute atomic E-state index is 0.00474. The molecule has 1 amide bonds. The predicted molar refractivity (Wildman–Crippen MR) is 86.9 cm³/mol. The van der Waals surface area contributed by atoms with Crippen molar-refractivity contribution in [3.05, 3.63) is 58.8 Å². The maximum Gasteiger partial charge on any atom is 0.263 e. The molecule has 1 aromatic carbocycles. The number of amides is 1. The highest BCUT2D eigenvalue weighted by Gasteiger charge is 2.24. The van der Waals surface area contributed by atoms with Gasteiger partial charge in [-0.2, -0.15) is 0 Å². The zero-order valence-electron chi connectivity index (χ0n) is 12.6. The standard InChI is InChI=1S/C17H13ClFN2O3/c1-2-3-9-4-5-10(18)14(15(9)19)16(23)11-6-7-12-17(20-11)21-13(22)8-24-12/h4-7H,1-3,8H2,(H,20,21,22). The average Bonchev–Trinajstić information content (AvgIpc) is 2.57. The molecule has 0 saturated heterocycles. The molecule has 2 aromatic rings. The highest BCUT2D eigenvalue weighted by atomic mass is 35.5. The van der Waals surface area contributed by atoms with Crippen LogP contribution in [0.25, 0.3) is 0 Å². The van der Waals surface area contributed by atoms with Crippen LogP contribution in [-0.2, 0) is 11.2 Å². The van der Waals surface area contributed by atoms with Crippen LogP contribution in [0.5, 0.6) is 5.75 Å². The molecular weight excluding hydrogens is 335 g/mol. The van der Waals surface area contributed by atoms with E-state index < -0.39 is 11.6 Å². The second kappa shape index (κ2) is 6.57. The molecule has 0 aliphatic carbocycles. The molecule has 123 valence electrons. The van der Waals surface area contributed by atoms with Gasteiger partial charge in [0, 0.05) is 0 Å². The van der Waals surface area contributed by atoms with Crippen molar-refractivity contribution >= 4 is 29.1 Å². The van der Waals surface area contributed by atoms with Gasteiger partial charge >= 0.3 is 0 Å². The van der Waals surface area contributed by atoms with E-state index in [2.05, 4.69) is 17.2 Å². The second-order valence-electron chi connectivity index (χ2n) is 5.21. The number of carbonyl (C=O) groups excluding carboxylic acids is 2. The summed E-state index contributed by atoms with van der Waals surface area (Å²) in [6, 6.07) is 5.92. The molecule has 3 rings (SSSR count). The van der Waals surface area contributed by atoms with Crippen LogP contribution in [0.4, 0.5) is 10.2 Å².